The number of aryl methyl sites for hydroxylation is 1. The summed E-state index contributed by atoms with van der Waals surface area (Å²) in [6.45, 7) is 1.50. The van der Waals surface area contributed by atoms with E-state index in [4.69, 9.17) is 28.4 Å². The molecule has 22 heteroatoms. The highest BCUT2D eigenvalue weighted by Gasteiger charge is 2.43. The number of methoxy groups -OCH3 is 3. The first-order chi connectivity index (χ1) is 43.6. The van der Waals surface area contributed by atoms with Crippen molar-refractivity contribution < 1.29 is 76.7 Å². The molecule has 0 radical (unpaired) electrons. The molecule has 0 aromatic heterocycles. The number of carbonyl (C=O) groups is 9. The normalized spacial score (nSPS) is 20.9. The fraction of sp³-hybridized carbons (Fsp3) is 0.406. The standard InChI is InChI=1S/C69H82N6O16/c1-69(2)44-90-62(79)27-16-17-34-72(3)65(82)52(36-45-20-11-9-12-21-45)70-60(77)42-73(4)66(83)53(37-46-22-13-10-14-23-46)71-64(81)55(38-47-28-31-50(76)32-29-47)74(5)61(78)43-89-51-25-19-24-48(39-51)56(33-30-49-40-58(87-7)59(88-8)41-57(49)86-6)91-68(85)54-26-15-18-35-75(54)67(84)63(69)80/h9-14,16,19-25,27-29,31-32,39-41,52-56,76H,15,17-18,26,30,33-38,42-44H2,1-8H3,(H,70,77)(H,71,81)/t52-,53-,54+,55+,56-/m1/s1. The second-order valence-electron chi connectivity index (χ2n) is 23.3. The van der Waals surface area contributed by atoms with Gasteiger partial charge in [0.05, 0.1) is 33.3 Å². The van der Waals surface area contributed by atoms with Crippen LogP contribution in [0.15, 0.2) is 133 Å². The molecule has 1 saturated heterocycles. The topological polar surface area (TPSA) is 266 Å². The molecule has 22 nitrogen and oxygen atoms in total. The molecule has 2 aliphatic rings. The average molecular weight is 1250 g/mol. The summed E-state index contributed by atoms with van der Waals surface area (Å²) in [7, 11) is 8.87. The number of fused-ring (bicyclic) bond motifs is 3. The first-order valence-corrected chi connectivity index (χ1v) is 30.2. The minimum atomic E-state index is -1.53. The molecule has 1 fully saturated rings. The van der Waals surface area contributed by atoms with Gasteiger partial charge in [-0.25, -0.2) is 9.59 Å². The van der Waals surface area contributed by atoms with Gasteiger partial charge in [-0.15, -0.1) is 0 Å². The Morgan fingerprint density at radius 2 is 1.26 bits per heavy atom. The molecule has 2 bridgehead atoms. The monoisotopic (exact) mass is 1250 g/mol. The maximum atomic E-state index is 14.9. The van der Waals surface area contributed by atoms with Crippen LogP contribution in [0.2, 0.25) is 0 Å². The van der Waals surface area contributed by atoms with E-state index < -0.39 is 109 Å². The SMILES string of the molecule is COc1cc(OC)c(OC)cc1CC[C@H]1OC(=O)[C@@H]2CCCCN2C(=O)C(=O)C(C)(C)COC(=O)C=CCCN(C)C(=O)[C@@H](Cc2ccccc2)NC(=O)CN(C)C(=O)[C@@H](Cc2ccccc2)NC(=O)[C@H](Cc2ccc(O)cc2)N(C)C(=O)COc2cccc1c2. The molecule has 6 amide bonds. The number of benzene rings is 5. The highest BCUT2D eigenvalue weighted by Crippen LogP contribution is 2.37. The Morgan fingerprint density at radius 3 is 1.91 bits per heavy atom. The molecule has 0 unspecified atom stereocenters. The number of carbonyl (C=O) groups excluding carboxylic acids is 9. The minimum absolute atomic E-state index is 0.0146. The average Bonchev–Trinajstić information content (AvgIpc) is 2.04. The number of nitrogens with one attached hydrogen (secondary N) is 2. The van der Waals surface area contributed by atoms with E-state index in [0.29, 0.717) is 52.3 Å². The van der Waals surface area contributed by atoms with E-state index in [1.165, 1.54) is 82.2 Å². The van der Waals surface area contributed by atoms with Crippen molar-refractivity contribution >= 4 is 53.2 Å². The fourth-order valence-corrected chi connectivity index (χ4v) is 10.8. The molecular formula is C69H82N6O16. The Kier molecular flexibility index (Phi) is 24.7. The fourth-order valence-electron chi connectivity index (χ4n) is 10.8. The molecule has 3 N–H and O–H groups in total. The van der Waals surface area contributed by atoms with Gasteiger partial charge in [-0.3, -0.25) is 33.6 Å². The third-order valence-electron chi connectivity index (χ3n) is 16.1. The molecule has 5 atom stereocenters. The van der Waals surface area contributed by atoms with Crippen LogP contribution < -0.4 is 29.6 Å². The number of piperidine rings is 1. The van der Waals surface area contributed by atoms with Crippen LogP contribution in [0.4, 0.5) is 0 Å². The molecule has 5 aromatic rings. The molecular weight excluding hydrogens is 1170 g/mol. The number of ketones is 1. The van der Waals surface area contributed by atoms with E-state index in [1.54, 1.807) is 110 Å². The first-order valence-electron chi connectivity index (χ1n) is 30.2. The molecule has 2 aliphatic heterocycles. The molecule has 484 valence electrons. The second kappa shape index (κ2) is 32.7. The number of hydrogen-bond donors (Lipinski definition) is 3. The lowest BCUT2D eigenvalue weighted by Crippen LogP contribution is -2.57. The van der Waals surface area contributed by atoms with E-state index >= 15 is 0 Å². The molecule has 0 aliphatic carbocycles. The number of esters is 2. The van der Waals surface area contributed by atoms with Crippen LogP contribution in [0, 0.1) is 5.41 Å². The number of rotatable bonds is 12. The summed E-state index contributed by atoms with van der Waals surface area (Å²) in [5.74, 6) is -5.10. The van der Waals surface area contributed by atoms with Gasteiger partial charge in [0, 0.05) is 65.6 Å². The number of phenolic OH excluding ortho intramolecular Hbond substituents is 1. The Balaban J connectivity index is 1.23. The molecule has 5 aromatic carbocycles. The van der Waals surface area contributed by atoms with Crippen LogP contribution in [0.3, 0.4) is 0 Å². The maximum Gasteiger partial charge on any atom is 0.330 e. The molecule has 0 saturated carbocycles. The summed E-state index contributed by atoms with van der Waals surface area (Å²) in [4.78, 5) is 133. The van der Waals surface area contributed by atoms with Gasteiger partial charge >= 0.3 is 11.9 Å². The van der Waals surface area contributed by atoms with Crippen molar-refractivity contribution in [3.63, 3.8) is 0 Å². The van der Waals surface area contributed by atoms with Crippen molar-refractivity contribution in [3.05, 3.63) is 161 Å². The maximum absolute atomic E-state index is 14.9. The lowest BCUT2D eigenvalue weighted by atomic mass is 9.87. The van der Waals surface area contributed by atoms with Crippen molar-refractivity contribution in [1.82, 2.24) is 30.2 Å². The summed E-state index contributed by atoms with van der Waals surface area (Å²) in [5.41, 5.74) is 1.57. The Hall–Kier alpha value is -9.73. The number of likely N-dealkylation sites (N-methyl/N-ethyl adjacent to an activating group) is 3. The molecule has 2 heterocycles. The van der Waals surface area contributed by atoms with E-state index in [-0.39, 0.29) is 69.5 Å². The lowest BCUT2D eigenvalue weighted by molar-refractivity contribution is -0.165. The zero-order chi connectivity index (χ0) is 65.8. The van der Waals surface area contributed by atoms with Crippen molar-refractivity contribution in [2.45, 2.75) is 102 Å². The van der Waals surface area contributed by atoms with Crippen LogP contribution in [-0.4, -0.2) is 177 Å². The lowest BCUT2D eigenvalue weighted by Gasteiger charge is -2.36. The van der Waals surface area contributed by atoms with Crippen LogP contribution in [0.25, 0.3) is 0 Å². The number of cyclic esters (lactones) is 2. The number of Topliss-reactive ketones (excluding diaryl/α,β-unsaturated/α-hetero) is 1. The summed E-state index contributed by atoms with van der Waals surface area (Å²) in [6.07, 6.45) is 3.41. The Bertz CT molecular complexity index is 3400. The number of hydrogen-bond acceptors (Lipinski definition) is 16. The Labute approximate surface area is 530 Å². The quantitative estimate of drug-likeness (QED) is 0.0964. The van der Waals surface area contributed by atoms with Gasteiger partial charge in [-0.1, -0.05) is 91.0 Å². The summed E-state index contributed by atoms with van der Waals surface area (Å²) < 4.78 is 34.9. The number of amides is 6. The van der Waals surface area contributed by atoms with Gasteiger partial charge in [-0.2, -0.15) is 0 Å². The zero-order valence-corrected chi connectivity index (χ0v) is 52.8. The highest BCUT2D eigenvalue weighted by atomic mass is 16.5. The zero-order valence-electron chi connectivity index (χ0n) is 52.8. The summed E-state index contributed by atoms with van der Waals surface area (Å²) in [5, 5.41) is 15.9. The summed E-state index contributed by atoms with van der Waals surface area (Å²) in [6, 6.07) is 29.2. The van der Waals surface area contributed by atoms with Gasteiger partial charge in [0.15, 0.2) is 18.1 Å². The van der Waals surface area contributed by atoms with Crippen molar-refractivity contribution in [2.75, 3.05) is 75.3 Å². The van der Waals surface area contributed by atoms with Crippen LogP contribution in [-0.2, 0) is 78.3 Å². The van der Waals surface area contributed by atoms with E-state index in [0.717, 1.165) is 16.5 Å². The highest BCUT2D eigenvalue weighted by molar-refractivity contribution is 6.38. The van der Waals surface area contributed by atoms with E-state index in [2.05, 4.69) is 10.6 Å². The molecule has 91 heavy (non-hydrogen) atoms. The van der Waals surface area contributed by atoms with Crippen LogP contribution in [0.1, 0.15) is 79.9 Å². The van der Waals surface area contributed by atoms with Gasteiger partial charge < -0.3 is 63.8 Å². The predicted molar refractivity (Wildman–Crippen MR) is 336 cm³/mol. The van der Waals surface area contributed by atoms with Crippen molar-refractivity contribution in [3.8, 4) is 28.7 Å². The van der Waals surface area contributed by atoms with Gasteiger partial charge in [0.25, 0.3) is 11.8 Å². The third kappa shape index (κ3) is 19.1. The molecule has 0 spiro atoms. The minimum Gasteiger partial charge on any atom is -0.508 e. The number of aromatic hydroxyl groups is 1. The first kappa shape index (κ1) is 68.8. The van der Waals surface area contributed by atoms with Gasteiger partial charge in [-0.05, 0) is 111 Å². The smallest absolute Gasteiger partial charge is 0.330 e. The van der Waals surface area contributed by atoms with Crippen LogP contribution >= 0.6 is 0 Å². The van der Waals surface area contributed by atoms with E-state index in [9.17, 15) is 48.3 Å². The van der Waals surface area contributed by atoms with Gasteiger partial charge in [0.1, 0.15) is 54.1 Å². The van der Waals surface area contributed by atoms with E-state index in [1.807, 2.05) is 6.07 Å². The predicted octanol–water partition coefficient (Wildman–Crippen LogP) is 5.93. The largest absolute Gasteiger partial charge is 0.508 e. The second-order valence-corrected chi connectivity index (χ2v) is 23.3. The van der Waals surface area contributed by atoms with Crippen LogP contribution in [0.5, 0.6) is 28.7 Å². The van der Waals surface area contributed by atoms with Crippen molar-refractivity contribution in [1.29, 1.82) is 0 Å². The number of phenols is 1. The van der Waals surface area contributed by atoms with Gasteiger partial charge in [0.2, 0.25) is 29.4 Å². The molecule has 7 rings (SSSR count). The number of ether oxygens (including phenoxy) is 6. The summed E-state index contributed by atoms with van der Waals surface area (Å²) >= 11 is 0. The van der Waals surface area contributed by atoms with Crippen molar-refractivity contribution in [2.24, 2.45) is 5.41 Å². The Morgan fingerprint density at radius 1 is 0.648 bits per heavy atom. The number of nitrogens with zero attached hydrogens (tertiary/aromatic N) is 4. The third-order valence-corrected chi connectivity index (χ3v) is 16.1.